The maximum Gasteiger partial charge on any atom is 0.391 e. The summed E-state index contributed by atoms with van der Waals surface area (Å²) >= 11 is 3.41. The number of carbonyl (C=O) groups is 2. The Morgan fingerprint density at radius 1 is 1.31 bits per heavy atom. The van der Waals surface area contributed by atoms with Gasteiger partial charge in [-0.1, -0.05) is 0 Å². The zero-order valence-electron chi connectivity index (χ0n) is 18.7. The van der Waals surface area contributed by atoms with Gasteiger partial charge in [-0.3, -0.25) is 9.59 Å². The largest absolute Gasteiger partial charge is 0.496 e. The van der Waals surface area contributed by atoms with Gasteiger partial charge in [-0.05, 0) is 47.0 Å². The Morgan fingerprint density at radius 2 is 1.97 bits per heavy atom. The predicted octanol–water partition coefficient (Wildman–Crippen LogP) is 4.32. The molecule has 2 heterocycles. The molecule has 0 radical (unpaired) electrons. The highest BCUT2D eigenvalue weighted by Crippen LogP contribution is 2.51. The van der Waals surface area contributed by atoms with E-state index in [4.69, 9.17) is 10.5 Å². The number of aryl methyl sites for hydroxylation is 1. The number of aromatic nitrogens is 2. The molecule has 2 aliphatic rings. The lowest BCUT2D eigenvalue weighted by atomic mass is 9.77. The Balaban J connectivity index is 1.80. The van der Waals surface area contributed by atoms with Crippen molar-refractivity contribution in [3.05, 3.63) is 33.7 Å². The van der Waals surface area contributed by atoms with Crippen molar-refractivity contribution >= 4 is 27.7 Å². The van der Waals surface area contributed by atoms with Crippen LogP contribution in [0.2, 0.25) is 0 Å². The van der Waals surface area contributed by atoms with Crippen LogP contribution in [0.1, 0.15) is 54.0 Å². The topological polar surface area (TPSA) is 99.2 Å². The third kappa shape index (κ3) is 4.74. The number of benzene rings is 1. The molecule has 1 aliphatic carbocycles. The van der Waals surface area contributed by atoms with Crippen LogP contribution in [0.15, 0.2) is 16.6 Å². The van der Waals surface area contributed by atoms with Crippen LogP contribution in [0.25, 0.3) is 11.3 Å². The highest BCUT2D eigenvalue weighted by molar-refractivity contribution is 9.10. The van der Waals surface area contributed by atoms with E-state index in [-0.39, 0.29) is 18.1 Å². The van der Waals surface area contributed by atoms with Crippen molar-refractivity contribution in [2.45, 2.75) is 62.7 Å². The number of methoxy groups -OCH3 is 1. The number of nitrogens with one attached hydrogen (secondary N) is 1. The highest BCUT2D eigenvalue weighted by atomic mass is 79.9. The molecule has 1 fully saturated rings. The molecule has 1 aromatic carbocycles. The number of fused-ring (bicyclic) bond motifs is 3. The summed E-state index contributed by atoms with van der Waals surface area (Å²) in [6, 6.07) is 3.53. The molecule has 1 aliphatic heterocycles. The van der Waals surface area contributed by atoms with E-state index in [0.717, 1.165) is 12.5 Å². The number of hydrogen-bond acceptors (Lipinski definition) is 4. The Labute approximate surface area is 205 Å². The van der Waals surface area contributed by atoms with Crippen molar-refractivity contribution in [2.24, 2.45) is 5.73 Å². The second-order valence-corrected chi connectivity index (χ2v) is 9.97. The van der Waals surface area contributed by atoms with E-state index in [1.54, 1.807) is 12.1 Å². The fourth-order valence-corrected chi connectivity index (χ4v) is 5.10. The van der Waals surface area contributed by atoms with Crippen LogP contribution in [0.4, 0.5) is 22.0 Å². The summed E-state index contributed by atoms with van der Waals surface area (Å²) in [6.45, 7) is 1.10. The number of rotatable bonds is 6. The molecular weight excluding hydrogens is 543 g/mol. The molecule has 0 bridgehead atoms. The van der Waals surface area contributed by atoms with Gasteiger partial charge in [-0.15, -0.1) is 0 Å². The second-order valence-electron chi connectivity index (χ2n) is 9.12. The Kier molecular flexibility index (Phi) is 6.13. The van der Waals surface area contributed by atoms with Crippen LogP contribution in [-0.2, 0) is 17.8 Å². The molecule has 13 heteroatoms. The molecular formula is C22H22BrF5N4O3. The van der Waals surface area contributed by atoms with Gasteiger partial charge < -0.3 is 20.4 Å². The first kappa shape index (κ1) is 25.4. The summed E-state index contributed by atoms with van der Waals surface area (Å²) in [4.78, 5) is 29.3. The number of nitrogens with two attached hydrogens (primary N) is 1. The lowest BCUT2D eigenvalue weighted by Crippen LogP contribution is -2.57. The van der Waals surface area contributed by atoms with E-state index in [2.05, 4.69) is 26.2 Å². The summed E-state index contributed by atoms with van der Waals surface area (Å²) in [5, 5.41) is 2.08. The Morgan fingerprint density at radius 3 is 2.51 bits per heavy atom. The van der Waals surface area contributed by atoms with Gasteiger partial charge in [-0.25, -0.2) is 13.8 Å². The van der Waals surface area contributed by atoms with Crippen molar-refractivity contribution in [3.8, 4) is 17.0 Å². The number of nitrogens with zero attached hydrogens (tertiary/aromatic N) is 2. The smallest absolute Gasteiger partial charge is 0.391 e. The van der Waals surface area contributed by atoms with E-state index in [9.17, 15) is 31.5 Å². The second kappa shape index (κ2) is 8.45. The molecule has 35 heavy (non-hydrogen) atoms. The molecule has 0 saturated heterocycles. The SMILES string of the molecule is COc1cc2c(cc1Br)-c1c(C3CC(F)(F)C3)nc(C(=O)N[C@@](C)(CC(F)(F)F)C(N)=O)n1CC2. The van der Waals surface area contributed by atoms with E-state index < -0.39 is 54.6 Å². The standard InChI is InChI=1S/C22H22BrF5N4O3/c1-20(19(29)34,9-22(26,27)28)31-18(33)17-30-15(11-7-21(24,25)8-11)16-12-6-13(23)14(35-2)5-10(12)3-4-32(16)17/h5-6,11H,3-4,7-9H2,1-2H3,(H2,29,34)(H,31,33)/t20-/m0/s1. The number of ether oxygens (including phenoxy) is 1. The lowest BCUT2D eigenvalue weighted by Gasteiger charge is -2.35. The summed E-state index contributed by atoms with van der Waals surface area (Å²) < 4.78 is 74.0. The maximum atomic E-state index is 13.7. The Bertz CT molecular complexity index is 1200. The van der Waals surface area contributed by atoms with Crippen molar-refractivity contribution in [3.63, 3.8) is 0 Å². The number of halogens is 6. The molecule has 7 nitrogen and oxygen atoms in total. The van der Waals surface area contributed by atoms with Gasteiger partial charge in [0.2, 0.25) is 11.8 Å². The van der Waals surface area contributed by atoms with Crippen molar-refractivity contribution in [2.75, 3.05) is 7.11 Å². The van der Waals surface area contributed by atoms with E-state index in [1.165, 1.54) is 11.7 Å². The van der Waals surface area contributed by atoms with E-state index in [1.807, 2.05) is 0 Å². The summed E-state index contributed by atoms with van der Waals surface area (Å²) in [7, 11) is 1.50. The van der Waals surface area contributed by atoms with Crippen molar-refractivity contribution in [1.29, 1.82) is 0 Å². The molecule has 4 rings (SSSR count). The minimum atomic E-state index is -4.78. The summed E-state index contributed by atoms with van der Waals surface area (Å²) in [5.74, 6) is -5.62. The highest BCUT2D eigenvalue weighted by Gasteiger charge is 2.49. The van der Waals surface area contributed by atoms with Gasteiger partial charge in [0, 0.05) is 30.9 Å². The molecule has 2 aromatic rings. The van der Waals surface area contributed by atoms with Gasteiger partial charge in [-0.2, -0.15) is 13.2 Å². The average Bonchev–Trinajstić information content (AvgIpc) is 3.10. The fourth-order valence-electron chi connectivity index (χ4n) is 4.60. The Hall–Kier alpha value is -2.70. The normalized spacial score (nSPS) is 18.6. The van der Waals surface area contributed by atoms with Gasteiger partial charge in [0.1, 0.15) is 11.3 Å². The first-order chi connectivity index (χ1) is 16.1. The fraction of sp³-hybridized carbons (Fsp3) is 0.500. The average molecular weight is 565 g/mol. The third-order valence-corrected chi connectivity index (χ3v) is 7.02. The predicted molar refractivity (Wildman–Crippen MR) is 118 cm³/mol. The van der Waals surface area contributed by atoms with Crippen molar-refractivity contribution < 1.29 is 36.3 Å². The molecule has 3 N–H and O–H groups in total. The van der Waals surface area contributed by atoms with Gasteiger partial charge in [0.25, 0.3) is 5.91 Å². The van der Waals surface area contributed by atoms with Gasteiger partial charge in [0.15, 0.2) is 5.82 Å². The number of carbonyl (C=O) groups excluding carboxylic acids is 2. The molecule has 0 spiro atoms. The van der Waals surface area contributed by atoms with Crippen LogP contribution in [0.5, 0.6) is 5.75 Å². The molecule has 1 saturated carbocycles. The van der Waals surface area contributed by atoms with E-state index >= 15 is 0 Å². The van der Waals surface area contributed by atoms with Crippen LogP contribution in [-0.4, -0.2) is 46.1 Å². The zero-order valence-corrected chi connectivity index (χ0v) is 20.3. The number of alkyl halides is 5. The summed E-state index contributed by atoms with van der Waals surface area (Å²) in [5.41, 5.74) is 4.95. The molecule has 1 atom stereocenters. The maximum absolute atomic E-state index is 13.7. The van der Waals surface area contributed by atoms with Crippen LogP contribution >= 0.6 is 15.9 Å². The quantitative estimate of drug-likeness (QED) is 0.510. The van der Waals surface area contributed by atoms with Crippen LogP contribution in [0.3, 0.4) is 0 Å². The number of imidazole rings is 1. The number of amides is 2. The summed E-state index contributed by atoms with van der Waals surface area (Å²) in [6.07, 6.45) is -6.95. The number of primary amides is 1. The minimum absolute atomic E-state index is 0.221. The lowest BCUT2D eigenvalue weighted by molar-refractivity contribution is -0.156. The first-order valence-corrected chi connectivity index (χ1v) is 11.5. The van der Waals surface area contributed by atoms with Gasteiger partial charge in [0.05, 0.1) is 29.4 Å². The van der Waals surface area contributed by atoms with Crippen LogP contribution < -0.4 is 15.8 Å². The monoisotopic (exact) mass is 564 g/mol. The van der Waals surface area contributed by atoms with Crippen molar-refractivity contribution in [1.82, 2.24) is 14.9 Å². The molecule has 2 amide bonds. The molecule has 0 unspecified atom stereocenters. The molecule has 1 aromatic heterocycles. The number of hydrogen-bond donors (Lipinski definition) is 2. The van der Waals surface area contributed by atoms with Crippen LogP contribution in [0, 0.1) is 0 Å². The zero-order chi connectivity index (χ0) is 25.9. The molecule has 190 valence electrons. The van der Waals surface area contributed by atoms with E-state index in [0.29, 0.717) is 27.9 Å². The van der Waals surface area contributed by atoms with Gasteiger partial charge >= 0.3 is 6.18 Å². The minimum Gasteiger partial charge on any atom is -0.496 e. The third-order valence-electron chi connectivity index (χ3n) is 6.40. The first-order valence-electron chi connectivity index (χ1n) is 10.7.